The second-order valence-corrected chi connectivity index (χ2v) is 7.18. The van der Waals surface area contributed by atoms with Crippen LogP contribution in [0.25, 0.3) is 0 Å². The molecular weight excluding hydrogens is 358 g/mol. The van der Waals surface area contributed by atoms with Gasteiger partial charge in [-0.15, -0.1) is 0 Å². The number of hydrogen-bond acceptors (Lipinski definition) is 6. The quantitative estimate of drug-likeness (QED) is 0.733. The molecule has 0 aliphatic carbocycles. The van der Waals surface area contributed by atoms with E-state index in [1.165, 1.54) is 5.56 Å². The van der Waals surface area contributed by atoms with E-state index < -0.39 is 6.04 Å². The lowest BCUT2D eigenvalue weighted by Gasteiger charge is -2.35. The van der Waals surface area contributed by atoms with Crippen LogP contribution in [-0.4, -0.2) is 64.7 Å². The van der Waals surface area contributed by atoms with Crippen LogP contribution in [0.1, 0.15) is 29.8 Å². The molecule has 2 heterocycles. The average Bonchev–Trinajstić information content (AvgIpc) is 3.09. The summed E-state index contributed by atoms with van der Waals surface area (Å²) >= 11 is 0. The predicted molar refractivity (Wildman–Crippen MR) is 103 cm³/mol. The monoisotopic (exact) mass is 385 g/mol. The maximum absolute atomic E-state index is 12.7. The molecule has 1 aliphatic heterocycles. The second kappa shape index (κ2) is 9.45. The lowest BCUT2D eigenvalue weighted by Crippen LogP contribution is -2.56. The highest BCUT2D eigenvalue weighted by molar-refractivity contribution is 5.88. The Balaban J connectivity index is 1.54. The van der Waals surface area contributed by atoms with E-state index in [4.69, 9.17) is 0 Å². The fourth-order valence-corrected chi connectivity index (χ4v) is 3.41. The summed E-state index contributed by atoms with van der Waals surface area (Å²) in [4.78, 5) is 28.8. The maximum Gasteiger partial charge on any atom is 0.237 e. The molecule has 0 saturated carbocycles. The first-order chi connectivity index (χ1) is 13.5. The molecule has 2 amide bonds. The Hall–Kier alpha value is -2.74. The topological polar surface area (TPSA) is 91.6 Å². The van der Waals surface area contributed by atoms with E-state index in [9.17, 15) is 9.59 Å². The first-order valence-corrected chi connectivity index (χ1v) is 9.62. The van der Waals surface area contributed by atoms with Gasteiger partial charge in [0.05, 0.1) is 19.0 Å². The summed E-state index contributed by atoms with van der Waals surface area (Å²) in [5, 5.41) is 10.4. The normalized spacial score (nSPS) is 17.4. The van der Waals surface area contributed by atoms with Gasteiger partial charge in [-0.2, -0.15) is 0 Å². The van der Waals surface area contributed by atoms with E-state index in [1.807, 2.05) is 18.2 Å². The van der Waals surface area contributed by atoms with Gasteiger partial charge in [-0.25, -0.2) is 4.63 Å². The van der Waals surface area contributed by atoms with Crippen LogP contribution < -0.4 is 5.32 Å². The molecule has 150 valence electrons. The van der Waals surface area contributed by atoms with Crippen LogP contribution in [0.15, 0.2) is 35.0 Å². The van der Waals surface area contributed by atoms with E-state index in [1.54, 1.807) is 18.9 Å². The minimum atomic E-state index is -0.434. The summed E-state index contributed by atoms with van der Waals surface area (Å²) in [5.41, 5.74) is 2.58. The molecule has 1 N–H and O–H groups in total. The molecular formula is C20H27N5O3. The Morgan fingerprint density at radius 3 is 2.82 bits per heavy atom. The van der Waals surface area contributed by atoms with E-state index in [2.05, 4.69) is 37.3 Å². The van der Waals surface area contributed by atoms with Crippen molar-refractivity contribution in [2.75, 3.05) is 26.7 Å². The van der Waals surface area contributed by atoms with Crippen molar-refractivity contribution in [1.29, 1.82) is 0 Å². The SMILES string of the molecule is Cc1nonc1CN(C)C(=O)CC1C(=O)NCCN1CCCc1ccccc1. The molecule has 8 heteroatoms. The molecule has 2 aromatic rings. The molecule has 1 aliphatic rings. The van der Waals surface area contributed by atoms with Gasteiger partial charge in [-0.1, -0.05) is 40.6 Å². The van der Waals surface area contributed by atoms with Gasteiger partial charge < -0.3 is 10.2 Å². The number of aryl methyl sites for hydroxylation is 2. The Kier molecular flexibility index (Phi) is 6.76. The highest BCUT2D eigenvalue weighted by atomic mass is 16.6. The minimum absolute atomic E-state index is 0.0769. The lowest BCUT2D eigenvalue weighted by atomic mass is 10.1. The molecule has 1 aromatic carbocycles. The third-order valence-corrected chi connectivity index (χ3v) is 5.12. The van der Waals surface area contributed by atoms with Crippen molar-refractivity contribution in [3.05, 3.63) is 47.3 Å². The van der Waals surface area contributed by atoms with Crippen LogP contribution in [0.3, 0.4) is 0 Å². The highest BCUT2D eigenvalue weighted by Gasteiger charge is 2.32. The zero-order chi connectivity index (χ0) is 19.9. The number of nitrogens with zero attached hydrogens (tertiary/aromatic N) is 4. The van der Waals surface area contributed by atoms with Crippen molar-refractivity contribution in [3.63, 3.8) is 0 Å². The van der Waals surface area contributed by atoms with Crippen molar-refractivity contribution < 1.29 is 14.2 Å². The van der Waals surface area contributed by atoms with Crippen LogP contribution in [0.2, 0.25) is 0 Å². The Labute approximate surface area is 164 Å². The number of hydrogen-bond donors (Lipinski definition) is 1. The molecule has 0 spiro atoms. The molecule has 3 rings (SSSR count). The standard InChI is InChI=1S/C20H27N5O3/c1-15-17(23-28-22-15)14-24(2)19(26)13-18-20(27)21-10-12-25(18)11-6-9-16-7-4-3-5-8-16/h3-5,7-8,18H,6,9-14H2,1-2H3,(H,21,27). The van der Waals surface area contributed by atoms with Gasteiger partial charge in [0.15, 0.2) is 0 Å². The molecule has 0 bridgehead atoms. The molecule has 1 atom stereocenters. The summed E-state index contributed by atoms with van der Waals surface area (Å²) in [6, 6.07) is 9.86. The summed E-state index contributed by atoms with van der Waals surface area (Å²) < 4.78 is 4.68. The maximum atomic E-state index is 12.7. The third-order valence-electron chi connectivity index (χ3n) is 5.12. The van der Waals surface area contributed by atoms with Gasteiger partial charge in [0.1, 0.15) is 11.4 Å². The zero-order valence-corrected chi connectivity index (χ0v) is 16.4. The van der Waals surface area contributed by atoms with Crippen LogP contribution in [0.4, 0.5) is 0 Å². The van der Waals surface area contributed by atoms with Gasteiger partial charge in [0.25, 0.3) is 0 Å². The van der Waals surface area contributed by atoms with Crippen molar-refractivity contribution in [2.45, 2.75) is 38.8 Å². The van der Waals surface area contributed by atoms with E-state index in [0.717, 1.165) is 25.9 Å². The largest absolute Gasteiger partial charge is 0.353 e. The number of aromatic nitrogens is 2. The predicted octanol–water partition coefficient (Wildman–Crippen LogP) is 1.16. The molecule has 1 saturated heterocycles. The number of amides is 2. The van der Waals surface area contributed by atoms with Gasteiger partial charge in [0, 0.05) is 20.1 Å². The number of rotatable bonds is 8. The van der Waals surface area contributed by atoms with Crippen LogP contribution in [0.5, 0.6) is 0 Å². The zero-order valence-electron chi connectivity index (χ0n) is 16.4. The van der Waals surface area contributed by atoms with Crippen LogP contribution in [0, 0.1) is 6.92 Å². The first kappa shape index (κ1) is 20.0. The molecule has 0 radical (unpaired) electrons. The summed E-state index contributed by atoms with van der Waals surface area (Å²) in [5.74, 6) is -0.176. The first-order valence-electron chi connectivity index (χ1n) is 9.62. The average molecular weight is 385 g/mol. The van der Waals surface area contributed by atoms with Crippen molar-refractivity contribution in [3.8, 4) is 0 Å². The Morgan fingerprint density at radius 2 is 2.11 bits per heavy atom. The van der Waals surface area contributed by atoms with Gasteiger partial charge in [-0.05, 0) is 31.9 Å². The molecule has 28 heavy (non-hydrogen) atoms. The van der Waals surface area contributed by atoms with Crippen LogP contribution >= 0.6 is 0 Å². The third kappa shape index (κ3) is 5.16. The Bertz CT molecular complexity index is 792. The fourth-order valence-electron chi connectivity index (χ4n) is 3.41. The molecule has 1 aromatic heterocycles. The summed E-state index contributed by atoms with van der Waals surface area (Å²) in [7, 11) is 1.71. The summed E-state index contributed by atoms with van der Waals surface area (Å²) in [6.07, 6.45) is 2.05. The van der Waals surface area contributed by atoms with E-state index in [-0.39, 0.29) is 18.2 Å². The number of carbonyl (C=O) groups excluding carboxylic acids is 2. The fraction of sp³-hybridized carbons (Fsp3) is 0.500. The molecule has 8 nitrogen and oxygen atoms in total. The van der Waals surface area contributed by atoms with E-state index >= 15 is 0 Å². The van der Waals surface area contributed by atoms with Crippen molar-refractivity contribution >= 4 is 11.8 Å². The molecule has 1 fully saturated rings. The Morgan fingerprint density at radius 1 is 1.32 bits per heavy atom. The van der Waals surface area contributed by atoms with Crippen molar-refractivity contribution in [1.82, 2.24) is 25.4 Å². The number of piperazine rings is 1. The van der Waals surface area contributed by atoms with Crippen molar-refractivity contribution in [2.24, 2.45) is 0 Å². The molecule has 1 unspecified atom stereocenters. The van der Waals surface area contributed by atoms with Gasteiger partial charge >= 0.3 is 0 Å². The highest BCUT2D eigenvalue weighted by Crippen LogP contribution is 2.14. The number of nitrogens with one attached hydrogen (secondary N) is 1. The number of carbonyl (C=O) groups is 2. The number of benzene rings is 1. The minimum Gasteiger partial charge on any atom is -0.353 e. The lowest BCUT2D eigenvalue weighted by molar-refractivity contribution is -0.138. The van der Waals surface area contributed by atoms with E-state index in [0.29, 0.717) is 24.5 Å². The van der Waals surface area contributed by atoms with Gasteiger partial charge in [-0.3, -0.25) is 14.5 Å². The summed E-state index contributed by atoms with van der Waals surface area (Å²) in [6.45, 7) is 4.27. The van der Waals surface area contributed by atoms with Gasteiger partial charge in [0.2, 0.25) is 11.8 Å². The van der Waals surface area contributed by atoms with Crippen LogP contribution in [-0.2, 0) is 22.6 Å². The second-order valence-electron chi connectivity index (χ2n) is 7.18. The smallest absolute Gasteiger partial charge is 0.237 e.